The SMILES string of the molecule is C=CCCC(=O)NCCOc1ccc(Cc2sc(=O)[nH]c2O)cc1. The summed E-state index contributed by atoms with van der Waals surface area (Å²) in [7, 11) is 0. The minimum Gasteiger partial charge on any atom is -0.494 e. The quantitative estimate of drug-likeness (QED) is 0.478. The van der Waals surface area contributed by atoms with Crippen LogP contribution in [0.2, 0.25) is 0 Å². The van der Waals surface area contributed by atoms with Gasteiger partial charge in [0, 0.05) is 12.8 Å². The fourth-order valence-corrected chi connectivity index (χ4v) is 2.80. The minimum atomic E-state index is -0.266. The predicted molar refractivity (Wildman–Crippen MR) is 93.8 cm³/mol. The monoisotopic (exact) mass is 348 g/mol. The van der Waals surface area contributed by atoms with E-state index >= 15 is 0 Å². The molecule has 0 unspecified atom stereocenters. The van der Waals surface area contributed by atoms with E-state index in [4.69, 9.17) is 4.74 Å². The van der Waals surface area contributed by atoms with Crippen LogP contribution in [0.15, 0.2) is 41.7 Å². The zero-order valence-corrected chi connectivity index (χ0v) is 14.0. The molecule has 0 aliphatic heterocycles. The largest absolute Gasteiger partial charge is 0.494 e. The Labute approximate surface area is 143 Å². The van der Waals surface area contributed by atoms with Crippen molar-refractivity contribution in [1.29, 1.82) is 0 Å². The Balaban J connectivity index is 1.76. The summed E-state index contributed by atoms with van der Waals surface area (Å²) in [6.45, 7) is 4.41. The lowest BCUT2D eigenvalue weighted by atomic mass is 10.1. The molecule has 0 radical (unpaired) electrons. The molecule has 1 amide bonds. The third kappa shape index (κ3) is 5.58. The summed E-state index contributed by atoms with van der Waals surface area (Å²) in [5.74, 6) is 0.613. The number of aromatic hydroxyl groups is 1. The van der Waals surface area contributed by atoms with Crippen LogP contribution in [0.5, 0.6) is 11.6 Å². The smallest absolute Gasteiger partial charge is 0.307 e. The molecule has 0 fully saturated rings. The van der Waals surface area contributed by atoms with Crippen molar-refractivity contribution in [1.82, 2.24) is 10.3 Å². The molecule has 0 saturated heterocycles. The number of thiazole rings is 1. The van der Waals surface area contributed by atoms with Crippen molar-refractivity contribution in [3.8, 4) is 11.6 Å². The van der Waals surface area contributed by atoms with E-state index in [1.807, 2.05) is 24.3 Å². The number of carbonyl (C=O) groups is 1. The van der Waals surface area contributed by atoms with Crippen LogP contribution < -0.4 is 14.9 Å². The van der Waals surface area contributed by atoms with Gasteiger partial charge in [-0.25, -0.2) is 0 Å². The molecule has 1 aromatic heterocycles. The first kappa shape index (κ1) is 17.8. The Morgan fingerprint density at radius 2 is 2.12 bits per heavy atom. The number of nitrogens with one attached hydrogen (secondary N) is 2. The van der Waals surface area contributed by atoms with Gasteiger partial charge in [-0.05, 0) is 24.1 Å². The molecule has 0 atom stereocenters. The Hall–Kier alpha value is -2.54. The number of aromatic nitrogens is 1. The number of benzene rings is 1. The summed E-state index contributed by atoms with van der Waals surface area (Å²) in [5.41, 5.74) is 0.964. The maximum Gasteiger partial charge on any atom is 0.307 e. The number of amides is 1. The highest BCUT2D eigenvalue weighted by molar-refractivity contribution is 7.09. The molecule has 0 bridgehead atoms. The summed E-state index contributed by atoms with van der Waals surface area (Å²) in [5, 5.41) is 12.3. The standard InChI is InChI=1S/C17H20N2O4S/c1-2-3-4-15(20)18-9-10-23-13-7-5-12(6-8-13)11-14-16(21)19-17(22)24-14/h2,5-8,21H,1,3-4,9-11H2,(H,18,20)(H,19,22). The third-order valence-corrected chi connectivity index (χ3v) is 4.13. The lowest BCUT2D eigenvalue weighted by Gasteiger charge is -2.08. The molecule has 6 nitrogen and oxygen atoms in total. The van der Waals surface area contributed by atoms with Crippen molar-refractivity contribution in [3.63, 3.8) is 0 Å². The molecule has 7 heteroatoms. The second-order valence-electron chi connectivity index (χ2n) is 5.13. The number of hydrogen-bond acceptors (Lipinski definition) is 5. The van der Waals surface area contributed by atoms with Crippen LogP contribution in [0.25, 0.3) is 0 Å². The number of aromatic amines is 1. The van der Waals surface area contributed by atoms with E-state index in [9.17, 15) is 14.7 Å². The molecule has 0 spiro atoms. The zero-order valence-electron chi connectivity index (χ0n) is 13.2. The summed E-state index contributed by atoms with van der Waals surface area (Å²) >= 11 is 1.000. The fourth-order valence-electron chi connectivity index (χ4n) is 2.04. The van der Waals surface area contributed by atoms with Crippen LogP contribution in [0, 0.1) is 0 Å². The van der Waals surface area contributed by atoms with Crippen molar-refractivity contribution >= 4 is 17.2 Å². The highest BCUT2D eigenvalue weighted by Gasteiger charge is 2.07. The number of rotatable bonds is 9. The van der Waals surface area contributed by atoms with Crippen LogP contribution in [0.3, 0.4) is 0 Å². The average molecular weight is 348 g/mol. The van der Waals surface area contributed by atoms with E-state index in [0.29, 0.717) is 43.0 Å². The summed E-state index contributed by atoms with van der Waals surface area (Å²) in [6.07, 6.45) is 3.30. The van der Waals surface area contributed by atoms with Crippen molar-refractivity contribution < 1.29 is 14.6 Å². The van der Waals surface area contributed by atoms with Gasteiger partial charge in [0.1, 0.15) is 12.4 Å². The van der Waals surface area contributed by atoms with Gasteiger partial charge in [0.25, 0.3) is 0 Å². The number of hydrogen-bond donors (Lipinski definition) is 3. The van der Waals surface area contributed by atoms with Gasteiger partial charge in [-0.15, -0.1) is 6.58 Å². The van der Waals surface area contributed by atoms with E-state index in [-0.39, 0.29) is 16.7 Å². The molecule has 0 saturated carbocycles. The molecule has 24 heavy (non-hydrogen) atoms. The van der Waals surface area contributed by atoms with E-state index in [0.717, 1.165) is 16.9 Å². The molecule has 1 heterocycles. The highest BCUT2D eigenvalue weighted by Crippen LogP contribution is 2.21. The van der Waals surface area contributed by atoms with Crippen molar-refractivity contribution in [2.24, 2.45) is 0 Å². The van der Waals surface area contributed by atoms with E-state index in [1.54, 1.807) is 6.08 Å². The maximum absolute atomic E-state index is 11.4. The summed E-state index contributed by atoms with van der Waals surface area (Å²) in [4.78, 5) is 25.2. The van der Waals surface area contributed by atoms with Crippen LogP contribution in [0.4, 0.5) is 0 Å². The van der Waals surface area contributed by atoms with Gasteiger partial charge in [-0.2, -0.15) is 0 Å². The molecule has 0 aliphatic carbocycles. The predicted octanol–water partition coefficient (Wildman–Crippen LogP) is 2.19. The molecule has 0 aliphatic rings. The molecule has 2 rings (SSSR count). The first-order valence-electron chi connectivity index (χ1n) is 7.58. The Morgan fingerprint density at radius 1 is 1.38 bits per heavy atom. The summed E-state index contributed by atoms with van der Waals surface area (Å²) in [6, 6.07) is 7.39. The maximum atomic E-state index is 11.4. The van der Waals surface area contributed by atoms with Crippen LogP contribution in [-0.2, 0) is 11.2 Å². The normalized spacial score (nSPS) is 10.3. The number of allylic oxidation sites excluding steroid dienone is 1. The molecule has 128 valence electrons. The molecule has 2 aromatic rings. The lowest BCUT2D eigenvalue weighted by Crippen LogP contribution is -2.27. The van der Waals surface area contributed by atoms with Gasteiger partial charge in [0.2, 0.25) is 11.8 Å². The number of H-pyrrole nitrogens is 1. The van der Waals surface area contributed by atoms with Gasteiger partial charge >= 0.3 is 4.87 Å². The Kier molecular flexibility index (Phi) is 6.62. The van der Waals surface area contributed by atoms with Crippen LogP contribution in [-0.4, -0.2) is 29.1 Å². The van der Waals surface area contributed by atoms with Crippen LogP contribution >= 0.6 is 11.3 Å². The van der Waals surface area contributed by atoms with Gasteiger partial charge in [0.15, 0.2) is 0 Å². The van der Waals surface area contributed by atoms with Gasteiger partial charge in [-0.3, -0.25) is 14.6 Å². The van der Waals surface area contributed by atoms with Crippen molar-refractivity contribution in [2.45, 2.75) is 19.3 Å². The van der Waals surface area contributed by atoms with Crippen molar-refractivity contribution in [3.05, 3.63) is 57.0 Å². The van der Waals surface area contributed by atoms with E-state index < -0.39 is 0 Å². The minimum absolute atomic E-state index is 0.0147. The lowest BCUT2D eigenvalue weighted by molar-refractivity contribution is -0.121. The number of carbonyl (C=O) groups excluding carboxylic acids is 1. The Morgan fingerprint density at radius 3 is 2.75 bits per heavy atom. The third-order valence-electron chi connectivity index (χ3n) is 3.26. The first-order chi connectivity index (χ1) is 11.6. The van der Waals surface area contributed by atoms with Crippen molar-refractivity contribution in [2.75, 3.05) is 13.2 Å². The second kappa shape index (κ2) is 8.93. The number of ether oxygens (including phenoxy) is 1. The topological polar surface area (TPSA) is 91.4 Å². The van der Waals surface area contributed by atoms with Gasteiger partial charge < -0.3 is 15.2 Å². The Bertz CT molecular complexity index is 734. The molecular formula is C17H20N2O4S. The summed E-state index contributed by atoms with van der Waals surface area (Å²) < 4.78 is 5.56. The first-order valence-corrected chi connectivity index (χ1v) is 8.40. The van der Waals surface area contributed by atoms with Gasteiger partial charge in [-0.1, -0.05) is 29.5 Å². The molecule has 3 N–H and O–H groups in total. The fraction of sp³-hybridized carbons (Fsp3) is 0.294. The van der Waals surface area contributed by atoms with Crippen LogP contribution in [0.1, 0.15) is 23.3 Å². The zero-order chi connectivity index (χ0) is 17.4. The average Bonchev–Trinajstić information content (AvgIpc) is 2.88. The molecule has 1 aromatic carbocycles. The molecular weight excluding hydrogens is 328 g/mol. The second-order valence-corrected chi connectivity index (χ2v) is 6.20. The van der Waals surface area contributed by atoms with E-state index in [1.165, 1.54) is 0 Å². The van der Waals surface area contributed by atoms with Gasteiger partial charge in [0.05, 0.1) is 11.4 Å². The van der Waals surface area contributed by atoms with E-state index in [2.05, 4.69) is 16.9 Å². The highest BCUT2D eigenvalue weighted by atomic mass is 32.1.